The monoisotopic (exact) mass is 365 g/mol. The van der Waals surface area contributed by atoms with Crippen molar-refractivity contribution < 1.29 is 14.3 Å². The molecule has 6 heteroatoms. The minimum absolute atomic E-state index is 0.118. The summed E-state index contributed by atoms with van der Waals surface area (Å²) in [4.78, 5) is 26.9. The maximum Gasteiger partial charge on any atom is 0.350 e. The van der Waals surface area contributed by atoms with Gasteiger partial charge in [-0.1, -0.05) is 36.7 Å². The SMILES string of the molecule is CCC1CCCCN1C(=O)COC(=O)c1sc2ccccc2c1Cl. The van der Waals surface area contributed by atoms with Crippen LogP contribution in [0.4, 0.5) is 0 Å². The molecule has 1 aromatic heterocycles. The highest BCUT2D eigenvalue weighted by molar-refractivity contribution is 7.21. The first-order chi connectivity index (χ1) is 11.6. The fraction of sp³-hybridized carbons (Fsp3) is 0.444. The quantitative estimate of drug-likeness (QED) is 0.749. The summed E-state index contributed by atoms with van der Waals surface area (Å²) < 4.78 is 6.18. The van der Waals surface area contributed by atoms with Gasteiger partial charge in [-0.15, -0.1) is 11.3 Å². The first-order valence-electron chi connectivity index (χ1n) is 8.25. The number of esters is 1. The van der Waals surface area contributed by atoms with Gasteiger partial charge in [-0.25, -0.2) is 4.79 Å². The maximum atomic E-state index is 12.4. The van der Waals surface area contributed by atoms with E-state index in [4.69, 9.17) is 16.3 Å². The van der Waals surface area contributed by atoms with Gasteiger partial charge in [0.1, 0.15) is 4.88 Å². The van der Waals surface area contributed by atoms with Gasteiger partial charge >= 0.3 is 5.97 Å². The number of thiophene rings is 1. The van der Waals surface area contributed by atoms with Gasteiger partial charge in [0.2, 0.25) is 0 Å². The Hall–Kier alpha value is -1.59. The number of ether oxygens (including phenoxy) is 1. The van der Waals surface area contributed by atoms with Crippen molar-refractivity contribution in [2.75, 3.05) is 13.2 Å². The van der Waals surface area contributed by atoms with Crippen molar-refractivity contribution >= 4 is 44.9 Å². The molecule has 0 N–H and O–H groups in total. The second kappa shape index (κ2) is 7.53. The summed E-state index contributed by atoms with van der Waals surface area (Å²) in [6.45, 7) is 2.61. The lowest BCUT2D eigenvalue weighted by Gasteiger charge is -2.35. The minimum Gasteiger partial charge on any atom is -0.451 e. The molecule has 128 valence electrons. The lowest BCUT2D eigenvalue weighted by atomic mass is 10.00. The zero-order valence-electron chi connectivity index (χ0n) is 13.6. The molecule has 1 amide bonds. The van der Waals surface area contributed by atoms with Crippen LogP contribution >= 0.6 is 22.9 Å². The Kier molecular flexibility index (Phi) is 5.41. The van der Waals surface area contributed by atoms with E-state index in [0.717, 1.165) is 42.3 Å². The number of hydrogen-bond acceptors (Lipinski definition) is 4. The van der Waals surface area contributed by atoms with Crippen molar-refractivity contribution in [3.63, 3.8) is 0 Å². The highest BCUT2D eigenvalue weighted by Gasteiger charge is 2.26. The first kappa shape index (κ1) is 17.2. The molecule has 1 aromatic carbocycles. The van der Waals surface area contributed by atoms with E-state index >= 15 is 0 Å². The van der Waals surface area contributed by atoms with E-state index in [1.165, 1.54) is 11.3 Å². The number of likely N-dealkylation sites (tertiary alicyclic amines) is 1. The number of amides is 1. The summed E-state index contributed by atoms with van der Waals surface area (Å²) in [5, 5.41) is 1.24. The van der Waals surface area contributed by atoms with Gasteiger partial charge < -0.3 is 9.64 Å². The zero-order chi connectivity index (χ0) is 17.1. The fourth-order valence-electron chi connectivity index (χ4n) is 3.17. The topological polar surface area (TPSA) is 46.6 Å². The predicted octanol–water partition coefficient (Wildman–Crippen LogP) is 4.50. The molecule has 1 unspecified atom stereocenters. The molecule has 0 spiro atoms. The van der Waals surface area contributed by atoms with E-state index in [2.05, 4.69) is 6.92 Å². The number of nitrogens with zero attached hydrogens (tertiary/aromatic N) is 1. The van der Waals surface area contributed by atoms with Crippen molar-refractivity contribution in [3.05, 3.63) is 34.2 Å². The van der Waals surface area contributed by atoms with Gasteiger partial charge in [0, 0.05) is 22.7 Å². The number of hydrogen-bond donors (Lipinski definition) is 0. The lowest BCUT2D eigenvalue weighted by Crippen LogP contribution is -2.45. The smallest absolute Gasteiger partial charge is 0.350 e. The van der Waals surface area contributed by atoms with Crippen LogP contribution in [0.3, 0.4) is 0 Å². The van der Waals surface area contributed by atoms with Crippen LogP contribution in [0.2, 0.25) is 5.02 Å². The molecule has 0 saturated carbocycles. The predicted molar refractivity (Wildman–Crippen MR) is 96.8 cm³/mol. The number of benzene rings is 1. The molecule has 0 bridgehead atoms. The molecule has 0 aliphatic carbocycles. The van der Waals surface area contributed by atoms with E-state index in [9.17, 15) is 9.59 Å². The highest BCUT2D eigenvalue weighted by Crippen LogP contribution is 2.35. The van der Waals surface area contributed by atoms with Gasteiger partial charge in [-0.05, 0) is 31.7 Å². The Bertz CT molecular complexity index is 758. The van der Waals surface area contributed by atoms with E-state index in [0.29, 0.717) is 9.90 Å². The molecule has 2 heterocycles. The van der Waals surface area contributed by atoms with Crippen LogP contribution in [-0.4, -0.2) is 36.0 Å². The highest BCUT2D eigenvalue weighted by atomic mass is 35.5. The summed E-state index contributed by atoms with van der Waals surface area (Å²) in [5.74, 6) is -0.647. The molecule has 2 aromatic rings. The van der Waals surface area contributed by atoms with Crippen molar-refractivity contribution in [3.8, 4) is 0 Å². The number of carbonyl (C=O) groups excluding carboxylic acids is 2. The summed E-state index contributed by atoms with van der Waals surface area (Å²) in [6.07, 6.45) is 4.12. The van der Waals surface area contributed by atoms with Crippen molar-refractivity contribution in [1.29, 1.82) is 0 Å². The van der Waals surface area contributed by atoms with Crippen LogP contribution < -0.4 is 0 Å². The molecule has 1 atom stereocenters. The fourth-order valence-corrected chi connectivity index (χ4v) is 4.58. The minimum atomic E-state index is -0.528. The second-order valence-electron chi connectivity index (χ2n) is 5.96. The van der Waals surface area contributed by atoms with Crippen LogP contribution in [0.15, 0.2) is 24.3 Å². The van der Waals surface area contributed by atoms with Crippen LogP contribution in [0.5, 0.6) is 0 Å². The number of carbonyl (C=O) groups is 2. The van der Waals surface area contributed by atoms with Gasteiger partial charge in [0.05, 0.1) is 5.02 Å². The summed E-state index contributed by atoms with van der Waals surface area (Å²) >= 11 is 7.57. The Morgan fingerprint density at radius 2 is 2.12 bits per heavy atom. The molecule has 1 fully saturated rings. The van der Waals surface area contributed by atoms with Crippen molar-refractivity contribution in [2.24, 2.45) is 0 Å². The van der Waals surface area contributed by atoms with E-state index < -0.39 is 5.97 Å². The third-order valence-electron chi connectivity index (χ3n) is 4.47. The molecule has 3 rings (SSSR count). The van der Waals surface area contributed by atoms with Gasteiger partial charge in [0.15, 0.2) is 6.61 Å². The van der Waals surface area contributed by atoms with Crippen LogP contribution in [0.1, 0.15) is 42.3 Å². The Morgan fingerprint density at radius 1 is 1.33 bits per heavy atom. The number of piperidine rings is 1. The average molecular weight is 366 g/mol. The van der Waals surface area contributed by atoms with Crippen LogP contribution in [0, 0.1) is 0 Å². The Balaban J connectivity index is 1.66. The zero-order valence-corrected chi connectivity index (χ0v) is 15.2. The van der Waals surface area contributed by atoms with Crippen molar-refractivity contribution in [1.82, 2.24) is 4.90 Å². The number of rotatable bonds is 4. The third-order valence-corrected chi connectivity index (χ3v) is 6.12. The summed E-state index contributed by atoms with van der Waals surface area (Å²) in [5.41, 5.74) is 0. The van der Waals surface area contributed by atoms with Gasteiger partial charge in [-0.2, -0.15) is 0 Å². The Morgan fingerprint density at radius 3 is 2.88 bits per heavy atom. The number of halogens is 1. The average Bonchev–Trinajstić information content (AvgIpc) is 2.96. The summed E-state index contributed by atoms with van der Waals surface area (Å²) in [6, 6.07) is 7.82. The second-order valence-corrected chi connectivity index (χ2v) is 7.39. The molecule has 1 saturated heterocycles. The van der Waals surface area contributed by atoms with Gasteiger partial charge in [0.25, 0.3) is 5.91 Å². The first-order valence-corrected chi connectivity index (χ1v) is 9.45. The molecule has 1 aliphatic heterocycles. The van der Waals surface area contributed by atoms with E-state index in [-0.39, 0.29) is 18.6 Å². The van der Waals surface area contributed by atoms with Gasteiger partial charge in [-0.3, -0.25) is 4.79 Å². The van der Waals surface area contributed by atoms with Crippen LogP contribution in [0.25, 0.3) is 10.1 Å². The normalized spacial score (nSPS) is 17.9. The van der Waals surface area contributed by atoms with Crippen molar-refractivity contribution in [2.45, 2.75) is 38.6 Å². The lowest BCUT2D eigenvalue weighted by molar-refractivity contribution is -0.138. The Labute approximate surface area is 150 Å². The molecule has 4 nitrogen and oxygen atoms in total. The summed E-state index contributed by atoms with van der Waals surface area (Å²) in [7, 11) is 0. The molecular formula is C18H20ClNO3S. The van der Waals surface area contributed by atoms with E-state index in [1.54, 1.807) is 0 Å². The molecule has 1 aliphatic rings. The molecule has 24 heavy (non-hydrogen) atoms. The van der Waals surface area contributed by atoms with Crippen LogP contribution in [-0.2, 0) is 9.53 Å². The third kappa shape index (κ3) is 3.42. The largest absolute Gasteiger partial charge is 0.451 e. The maximum absolute atomic E-state index is 12.4. The number of fused-ring (bicyclic) bond motifs is 1. The van der Waals surface area contributed by atoms with E-state index in [1.807, 2.05) is 29.2 Å². The molecule has 0 radical (unpaired) electrons. The molecular weight excluding hydrogens is 346 g/mol. The standard InChI is InChI=1S/C18H20ClNO3S/c1-2-12-7-5-6-10-20(12)15(21)11-23-18(22)17-16(19)13-8-3-4-9-14(13)24-17/h3-4,8-9,12H,2,5-7,10-11H2,1H3.